The van der Waals surface area contributed by atoms with Gasteiger partial charge in [0.2, 0.25) is 0 Å². The maximum absolute atomic E-state index is 13.5. The summed E-state index contributed by atoms with van der Waals surface area (Å²) in [6.45, 7) is 1.64. The van der Waals surface area contributed by atoms with Crippen molar-refractivity contribution >= 4 is 33.1 Å². The second kappa shape index (κ2) is 4.54. The van der Waals surface area contributed by atoms with Gasteiger partial charge in [0.25, 0.3) is 5.50 Å². The van der Waals surface area contributed by atoms with E-state index in [-0.39, 0.29) is 5.56 Å². The zero-order valence-corrected chi connectivity index (χ0v) is 10.2. The Balaban J connectivity index is 3.14. The average Bonchev–Trinajstić information content (AvgIpc) is 2.17. The molecule has 0 bridgehead atoms. The first-order valence-electron chi connectivity index (χ1n) is 3.72. The van der Waals surface area contributed by atoms with Gasteiger partial charge in [-0.25, -0.2) is 4.39 Å². The lowest BCUT2D eigenvalue weighted by molar-refractivity contribution is 0.402. The van der Waals surface area contributed by atoms with E-state index in [2.05, 4.69) is 2.51 Å². The fraction of sp³-hybridized carbons (Fsp3) is 0.250. The zero-order valence-electron chi connectivity index (χ0n) is 7.28. The van der Waals surface area contributed by atoms with E-state index < -0.39 is 15.6 Å². The molecule has 0 radical (unpaired) electrons. The van der Waals surface area contributed by atoms with E-state index in [1.807, 2.05) is 0 Å². The van der Waals surface area contributed by atoms with Crippen LogP contribution in [-0.4, -0.2) is 8.42 Å². The molecule has 3 nitrogen and oxygen atoms in total. The molecule has 1 aromatic carbocycles. The van der Waals surface area contributed by atoms with Crippen molar-refractivity contribution in [1.82, 2.24) is 0 Å². The minimum atomic E-state index is -4.15. The van der Waals surface area contributed by atoms with Crippen LogP contribution >= 0.6 is 23.0 Å². The van der Waals surface area contributed by atoms with Crippen LogP contribution in [0.15, 0.2) is 24.3 Å². The smallest absolute Gasteiger partial charge is 0.222 e. The first-order chi connectivity index (χ1) is 6.49. The standard InChI is InChI=1S/C8H8FIO3S/c1-6-4-2-3-5-7(6)8(9)14(11,12)13-10/h2-5,8H,1H3. The molecule has 0 N–H and O–H groups in total. The van der Waals surface area contributed by atoms with Crippen molar-refractivity contribution in [2.24, 2.45) is 0 Å². The van der Waals surface area contributed by atoms with Gasteiger partial charge in [-0.05, 0) is 12.5 Å². The Labute approximate surface area is 96.1 Å². The molecule has 0 heterocycles. The highest BCUT2D eigenvalue weighted by Crippen LogP contribution is 2.28. The Morgan fingerprint density at radius 2 is 2.00 bits per heavy atom. The Morgan fingerprint density at radius 3 is 2.50 bits per heavy atom. The molecule has 78 valence electrons. The SMILES string of the molecule is Cc1ccccc1C(F)S(=O)(=O)OI. The normalized spacial score (nSPS) is 13.9. The highest BCUT2D eigenvalue weighted by Gasteiger charge is 2.28. The molecule has 6 heteroatoms. The van der Waals surface area contributed by atoms with Crippen LogP contribution in [0.25, 0.3) is 0 Å². The highest BCUT2D eigenvalue weighted by molar-refractivity contribution is 14.1. The van der Waals surface area contributed by atoms with E-state index in [0.717, 1.165) is 23.0 Å². The van der Waals surface area contributed by atoms with Gasteiger partial charge < -0.3 is 0 Å². The lowest BCUT2D eigenvalue weighted by Crippen LogP contribution is -2.09. The van der Waals surface area contributed by atoms with E-state index in [9.17, 15) is 12.8 Å². The van der Waals surface area contributed by atoms with Crippen molar-refractivity contribution in [3.8, 4) is 0 Å². The molecule has 14 heavy (non-hydrogen) atoms. The molecule has 1 unspecified atom stereocenters. The molecule has 0 spiro atoms. The summed E-state index contributed by atoms with van der Waals surface area (Å²) in [6, 6.07) is 6.36. The van der Waals surface area contributed by atoms with Crippen LogP contribution < -0.4 is 0 Å². The minimum Gasteiger partial charge on any atom is -0.222 e. The second-order valence-corrected chi connectivity index (χ2v) is 5.33. The Bertz CT molecular complexity index is 418. The van der Waals surface area contributed by atoms with E-state index in [1.54, 1.807) is 25.1 Å². The van der Waals surface area contributed by atoms with Gasteiger partial charge in [0.05, 0.1) is 0 Å². The Kier molecular flexibility index (Phi) is 3.85. The summed E-state index contributed by atoms with van der Waals surface area (Å²) in [5.41, 5.74) is -1.43. The number of hydrogen-bond acceptors (Lipinski definition) is 3. The number of rotatable bonds is 3. The Hall–Kier alpha value is -0.210. The highest BCUT2D eigenvalue weighted by atomic mass is 127. The largest absolute Gasteiger partial charge is 0.313 e. The Morgan fingerprint density at radius 1 is 1.43 bits per heavy atom. The molecule has 0 amide bonds. The van der Waals surface area contributed by atoms with Crippen LogP contribution in [0.2, 0.25) is 0 Å². The van der Waals surface area contributed by atoms with Crippen LogP contribution in [0.1, 0.15) is 16.6 Å². The molecule has 0 saturated carbocycles. The van der Waals surface area contributed by atoms with Crippen LogP contribution in [0, 0.1) is 6.92 Å². The number of halogens is 2. The van der Waals surface area contributed by atoms with E-state index in [0.29, 0.717) is 5.56 Å². The lowest BCUT2D eigenvalue weighted by atomic mass is 10.1. The molecule has 1 aromatic rings. The second-order valence-electron chi connectivity index (χ2n) is 2.73. The van der Waals surface area contributed by atoms with Crippen molar-refractivity contribution in [1.29, 1.82) is 0 Å². The van der Waals surface area contributed by atoms with Crippen LogP contribution in [0.5, 0.6) is 0 Å². The summed E-state index contributed by atoms with van der Waals surface area (Å²) in [5, 5.41) is 0. The fourth-order valence-corrected chi connectivity index (χ4v) is 2.22. The summed E-state index contributed by atoms with van der Waals surface area (Å²) in [6.07, 6.45) is 0. The molecule has 0 aliphatic rings. The first-order valence-corrected chi connectivity index (χ1v) is 6.08. The van der Waals surface area contributed by atoms with E-state index in [1.165, 1.54) is 6.07 Å². The summed E-state index contributed by atoms with van der Waals surface area (Å²) in [7, 11) is -4.15. The molecular weight excluding hydrogens is 322 g/mol. The maximum atomic E-state index is 13.5. The van der Waals surface area contributed by atoms with Crippen molar-refractivity contribution in [2.75, 3.05) is 0 Å². The van der Waals surface area contributed by atoms with Gasteiger partial charge >= 0.3 is 10.1 Å². The van der Waals surface area contributed by atoms with Gasteiger partial charge in [-0.3, -0.25) is 0 Å². The molecule has 1 rings (SSSR count). The molecule has 0 aliphatic carbocycles. The summed E-state index contributed by atoms with van der Waals surface area (Å²) >= 11 is 1.16. The molecule has 1 atom stereocenters. The van der Waals surface area contributed by atoms with Gasteiger partial charge in [-0.2, -0.15) is 10.9 Å². The third kappa shape index (κ3) is 2.43. The summed E-state index contributed by atoms with van der Waals surface area (Å²) in [5.74, 6) is 0. The third-order valence-corrected chi connectivity index (χ3v) is 4.21. The maximum Gasteiger partial charge on any atom is 0.313 e. The predicted molar refractivity (Wildman–Crippen MR) is 59.1 cm³/mol. The molecule has 0 fully saturated rings. The van der Waals surface area contributed by atoms with Gasteiger partial charge in [-0.1, -0.05) is 24.3 Å². The third-order valence-electron chi connectivity index (χ3n) is 1.77. The van der Waals surface area contributed by atoms with Crippen molar-refractivity contribution < 1.29 is 15.3 Å². The molecule has 0 aromatic heterocycles. The molecular formula is C8H8FIO3S. The number of hydrogen-bond donors (Lipinski definition) is 0. The first kappa shape index (κ1) is 11.9. The zero-order chi connectivity index (χ0) is 10.8. The van der Waals surface area contributed by atoms with Crippen molar-refractivity contribution in [2.45, 2.75) is 12.4 Å². The van der Waals surface area contributed by atoms with Crippen LogP contribution in [0.3, 0.4) is 0 Å². The lowest BCUT2D eigenvalue weighted by Gasteiger charge is -2.09. The summed E-state index contributed by atoms with van der Waals surface area (Å²) in [4.78, 5) is 0. The average molecular weight is 330 g/mol. The van der Waals surface area contributed by atoms with E-state index in [4.69, 9.17) is 0 Å². The monoisotopic (exact) mass is 330 g/mol. The topological polar surface area (TPSA) is 43.4 Å². The van der Waals surface area contributed by atoms with Crippen molar-refractivity contribution in [3.05, 3.63) is 35.4 Å². The molecule has 0 aliphatic heterocycles. The van der Waals surface area contributed by atoms with Gasteiger partial charge in [0.1, 0.15) is 23.0 Å². The number of benzene rings is 1. The predicted octanol–water partition coefficient (Wildman–Crippen LogP) is 2.66. The van der Waals surface area contributed by atoms with E-state index >= 15 is 0 Å². The number of alkyl halides is 1. The van der Waals surface area contributed by atoms with Gasteiger partial charge in [0.15, 0.2) is 0 Å². The molecule has 0 saturated heterocycles. The number of aryl methyl sites for hydroxylation is 1. The van der Waals surface area contributed by atoms with Gasteiger partial charge in [0, 0.05) is 5.56 Å². The van der Waals surface area contributed by atoms with Gasteiger partial charge in [-0.15, -0.1) is 0 Å². The summed E-state index contributed by atoms with van der Waals surface area (Å²) < 4.78 is 39.6. The van der Waals surface area contributed by atoms with Crippen LogP contribution in [0.4, 0.5) is 4.39 Å². The minimum absolute atomic E-state index is 0.115. The fourth-order valence-electron chi connectivity index (χ4n) is 1.03. The quantitative estimate of drug-likeness (QED) is 0.801. The van der Waals surface area contributed by atoms with Crippen LogP contribution in [-0.2, 0) is 12.6 Å². The van der Waals surface area contributed by atoms with Crippen molar-refractivity contribution in [3.63, 3.8) is 0 Å².